The number of anilines is 2. The minimum absolute atomic E-state index is 0.0320. The van der Waals surface area contributed by atoms with Gasteiger partial charge in [-0.2, -0.15) is 14.0 Å². The molecule has 39 heavy (non-hydrogen) atoms. The molecule has 1 heterocycles. The third-order valence-corrected chi connectivity index (χ3v) is 6.30. The molecule has 0 spiro atoms. The Kier molecular flexibility index (Phi) is 8.24. The van der Waals surface area contributed by atoms with Gasteiger partial charge in [-0.25, -0.2) is 9.18 Å². The number of ether oxygens (including phenoxy) is 1. The molecule has 4 bridgehead atoms. The Hall–Kier alpha value is -4.72. The zero-order valence-electron chi connectivity index (χ0n) is 21.2. The van der Waals surface area contributed by atoms with E-state index in [1.54, 1.807) is 43.4 Å². The van der Waals surface area contributed by atoms with E-state index in [0.717, 1.165) is 11.6 Å². The van der Waals surface area contributed by atoms with Crippen LogP contribution >= 0.6 is 0 Å². The Morgan fingerprint density at radius 3 is 2.51 bits per heavy atom. The van der Waals surface area contributed by atoms with E-state index in [4.69, 9.17) is 5.26 Å². The number of halogens is 3. The standard InChI is InChI=1S/C28H26F3N5O3/c1-35-11-10-17-4-3-5-19(12-17)24(33-21-8-6-18(15-32)7-9-21)26(37)36(2)16-20-13-22(34-28(35)38)14-23(29)25(20)39-27(30)31/h3-9,12-14,24,27,33H,10-11,16H2,1-2H3,(H,34,38). The minimum atomic E-state index is -3.30. The second-order valence-electron chi connectivity index (χ2n) is 9.13. The molecule has 0 fully saturated rings. The largest absolute Gasteiger partial charge is 0.431 e. The molecule has 1 aliphatic heterocycles. The number of urea groups is 1. The highest BCUT2D eigenvalue weighted by Crippen LogP contribution is 2.31. The second kappa shape index (κ2) is 11.8. The molecule has 202 valence electrons. The molecule has 3 aromatic carbocycles. The lowest BCUT2D eigenvalue weighted by Crippen LogP contribution is -2.35. The number of likely N-dealkylation sites (N-methyl/N-ethyl adjacent to an activating group) is 2. The SMILES string of the molecule is CN1CCc2cccc(c2)C(Nc2ccc(C#N)cc2)C(=O)N(C)Cc2cc(cc(F)c2OC(F)F)NC1=O. The first-order valence-electron chi connectivity index (χ1n) is 12.0. The highest BCUT2D eigenvalue weighted by atomic mass is 19.3. The molecule has 1 unspecified atom stereocenters. The molecule has 11 heteroatoms. The van der Waals surface area contributed by atoms with Crippen molar-refractivity contribution >= 4 is 23.3 Å². The van der Waals surface area contributed by atoms with Gasteiger partial charge in [0.15, 0.2) is 11.6 Å². The first kappa shape index (κ1) is 27.3. The van der Waals surface area contributed by atoms with Gasteiger partial charge in [-0.15, -0.1) is 0 Å². The van der Waals surface area contributed by atoms with Gasteiger partial charge in [0.05, 0.1) is 11.6 Å². The van der Waals surface area contributed by atoms with Crippen LogP contribution in [0.1, 0.15) is 28.3 Å². The fourth-order valence-electron chi connectivity index (χ4n) is 4.26. The maximum absolute atomic E-state index is 14.9. The summed E-state index contributed by atoms with van der Waals surface area (Å²) in [6.07, 6.45) is 0.478. The Morgan fingerprint density at radius 1 is 1.08 bits per heavy atom. The van der Waals surface area contributed by atoms with E-state index >= 15 is 0 Å². The van der Waals surface area contributed by atoms with Crippen LogP contribution in [0.3, 0.4) is 0 Å². The summed E-state index contributed by atoms with van der Waals surface area (Å²) in [5.41, 5.74) is 2.51. The fraction of sp³-hybridized carbons (Fsp3) is 0.250. The lowest BCUT2D eigenvalue weighted by molar-refractivity contribution is -0.131. The summed E-state index contributed by atoms with van der Waals surface area (Å²) < 4.78 is 45.6. The van der Waals surface area contributed by atoms with Crippen molar-refractivity contribution in [2.45, 2.75) is 25.6 Å². The molecule has 4 rings (SSSR count). The summed E-state index contributed by atoms with van der Waals surface area (Å²) in [5.74, 6) is -2.24. The minimum Gasteiger partial charge on any atom is -0.431 e. The number of benzene rings is 3. The number of nitriles is 1. The third kappa shape index (κ3) is 6.59. The number of amides is 3. The summed E-state index contributed by atoms with van der Waals surface area (Å²) in [6, 6.07) is 16.7. The van der Waals surface area contributed by atoms with Crippen LogP contribution in [0.25, 0.3) is 0 Å². The Morgan fingerprint density at radius 2 is 1.82 bits per heavy atom. The third-order valence-electron chi connectivity index (χ3n) is 6.30. The van der Waals surface area contributed by atoms with Crippen LogP contribution in [0.5, 0.6) is 5.75 Å². The second-order valence-corrected chi connectivity index (χ2v) is 9.13. The maximum Gasteiger partial charge on any atom is 0.387 e. The number of hydrogen-bond donors (Lipinski definition) is 2. The molecule has 8 nitrogen and oxygen atoms in total. The van der Waals surface area contributed by atoms with Gasteiger partial charge in [0, 0.05) is 50.2 Å². The molecule has 2 N–H and O–H groups in total. The Bertz CT molecular complexity index is 1410. The van der Waals surface area contributed by atoms with Crippen molar-refractivity contribution in [3.63, 3.8) is 0 Å². The van der Waals surface area contributed by atoms with Gasteiger partial charge in [0.1, 0.15) is 6.04 Å². The van der Waals surface area contributed by atoms with Gasteiger partial charge in [0.25, 0.3) is 0 Å². The molecule has 0 saturated heterocycles. The molecule has 1 atom stereocenters. The van der Waals surface area contributed by atoms with E-state index in [1.165, 1.54) is 22.9 Å². The molecular weight excluding hydrogens is 511 g/mol. The van der Waals surface area contributed by atoms with E-state index in [0.29, 0.717) is 29.8 Å². The van der Waals surface area contributed by atoms with Gasteiger partial charge >= 0.3 is 12.6 Å². The molecule has 0 aromatic heterocycles. The molecule has 3 amide bonds. The predicted molar refractivity (Wildman–Crippen MR) is 139 cm³/mol. The van der Waals surface area contributed by atoms with Crippen molar-refractivity contribution in [3.05, 3.63) is 88.7 Å². The predicted octanol–water partition coefficient (Wildman–Crippen LogP) is 5.13. The first-order chi connectivity index (χ1) is 18.6. The van der Waals surface area contributed by atoms with E-state index < -0.39 is 36.2 Å². The maximum atomic E-state index is 14.9. The van der Waals surface area contributed by atoms with Crippen molar-refractivity contribution in [1.82, 2.24) is 9.80 Å². The van der Waals surface area contributed by atoms with E-state index in [9.17, 15) is 22.8 Å². The number of nitrogens with zero attached hydrogens (tertiary/aromatic N) is 3. The Balaban J connectivity index is 1.78. The van der Waals surface area contributed by atoms with Crippen LogP contribution in [0.4, 0.5) is 29.3 Å². The Labute approximate surface area is 223 Å². The van der Waals surface area contributed by atoms with Gasteiger partial charge in [0.2, 0.25) is 5.91 Å². The summed E-state index contributed by atoms with van der Waals surface area (Å²) >= 11 is 0. The lowest BCUT2D eigenvalue weighted by Gasteiger charge is -2.27. The molecule has 3 aromatic rings. The number of nitrogens with one attached hydrogen (secondary N) is 2. The number of hydrogen-bond acceptors (Lipinski definition) is 5. The highest BCUT2D eigenvalue weighted by Gasteiger charge is 2.27. The van der Waals surface area contributed by atoms with Crippen molar-refractivity contribution in [3.8, 4) is 11.8 Å². The molecule has 0 saturated carbocycles. The van der Waals surface area contributed by atoms with E-state index in [1.807, 2.05) is 18.2 Å². The monoisotopic (exact) mass is 537 g/mol. The number of fused-ring (bicyclic) bond motifs is 4. The average Bonchev–Trinajstić information content (AvgIpc) is 2.91. The van der Waals surface area contributed by atoms with E-state index in [2.05, 4.69) is 15.4 Å². The number of rotatable bonds is 4. The topological polar surface area (TPSA) is 97.7 Å². The van der Waals surface area contributed by atoms with Crippen LogP contribution in [0, 0.1) is 17.1 Å². The summed E-state index contributed by atoms with van der Waals surface area (Å²) in [5, 5.41) is 14.9. The molecule has 1 aliphatic rings. The van der Waals surface area contributed by atoms with Crippen LogP contribution < -0.4 is 15.4 Å². The zero-order valence-corrected chi connectivity index (χ0v) is 21.2. The lowest BCUT2D eigenvalue weighted by atomic mass is 10.0. The number of carbonyl (C=O) groups is 2. The molecule has 0 radical (unpaired) electrons. The van der Waals surface area contributed by atoms with Crippen molar-refractivity contribution in [2.24, 2.45) is 0 Å². The van der Waals surface area contributed by atoms with Crippen LogP contribution in [0.15, 0.2) is 60.7 Å². The first-order valence-corrected chi connectivity index (χ1v) is 12.0. The number of alkyl halides is 2. The van der Waals surface area contributed by atoms with Crippen molar-refractivity contribution < 1.29 is 27.5 Å². The van der Waals surface area contributed by atoms with Gasteiger partial charge in [-0.05, 0) is 47.9 Å². The summed E-state index contributed by atoms with van der Waals surface area (Å²) in [6.45, 7) is -3.27. The van der Waals surface area contributed by atoms with E-state index in [-0.39, 0.29) is 17.8 Å². The van der Waals surface area contributed by atoms with Gasteiger partial charge < -0.3 is 25.2 Å². The summed E-state index contributed by atoms with van der Waals surface area (Å²) in [4.78, 5) is 29.2. The molecular formula is C28H26F3N5O3. The quantitative estimate of drug-likeness (QED) is 0.481. The zero-order chi connectivity index (χ0) is 28.1. The van der Waals surface area contributed by atoms with Crippen LogP contribution in [-0.4, -0.2) is 49.0 Å². The fourth-order valence-corrected chi connectivity index (χ4v) is 4.26. The smallest absolute Gasteiger partial charge is 0.387 e. The average molecular weight is 538 g/mol. The highest BCUT2D eigenvalue weighted by molar-refractivity contribution is 5.89. The van der Waals surface area contributed by atoms with Gasteiger partial charge in [-0.1, -0.05) is 24.3 Å². The number of carbonyl (C=O) groups excluding carboxylic acids is 2. The van der Waals surface area contributed by atoms with Crippen molar-refractivity contribution in [2.75, 3.05) is 31.3 Å². The summed E-state index contributed by atoms with van der Waals surface area (Å²) in [7, 11) is 3.04. The van der Waals surface area contributed by atoms with Crippen LogP contribution in [-0.2, 0) is 17.8 Å². The van der Waals surface area contributed by atoms with Crippen molar-refractivity contribution in [1.29, 1.82) is 5.26 Å². The normalized spacial score (nSPS) is 16.2. The van der Waals surface area contributed by atoms with Gasteiger partial charge in [-0.3, -0.25) is 4.79 Å². The van der Waals surface area contributed by atoms with Crippen LogP contribution in [0.2, 0.25) is 0 Å². The molecule has 0 aliphatic carbocycles.